The summed E-state index contributed by atoms with van der Waals surface area (Å²) >= 11 is 0. The van der Waals surface area contributed by atoms with Crippen molar-refractivity contribution in [1.29, 1.82) is 0 Å². The maximum atomic E-state index is 12.2. The molecule has 1 atom stereocenters. The third kappa shape index (κ3) is 24.1. The van der Waals surface area contributed by atoms with Gasteiger partial charge in [0.05, 0.1) is 6.61 Å². The predicted octanol–water partition coefficient (Wildman–Crippen LogP) is 10.4. The molecule has 0 aromatic rings. The number of hydrogen-bond acceptors (Lipinski definition) is 2. The van der Waals surface area contributed by atoms with Crippen LogP contribution in [0.15, 0.2) is 0 Å². The third-order valence-electron chi connectivity index (χ3n) is 6.82. The van der Waals surface area contributed by atoms with Crippen LogP contribution in [0.25, 0.3) is 0 Å². The second-order valence-electron chi connectivity index (χ2n) is 10.7. The Morgan fingerprint density at radius 1 is 0.562 bits per heavy atom. The van der Waals surface area contributed by atoms with Crippen LogP contribution in [0.4, 0.5) is 0 Å². The van der Waals surface area contributed by atoms with E-state index in [1.807, 2.05) is 0 Å². The van der Waals surface area contributed by atoms with Gasteiger partial charge in [0.2, 0.25) is 0 Å². The number of carbonyl (C=O) groups is 1. The van der Waals surface area contributed by atoms with Crippen molar-refractivity contribution < 1.29 is 9.53 Å². The summed E-state index contributed by atoms with van der Waals surface area (Å²) in [6.45, 7) is 9.83. The van der Waals surface area contributed by atoms with E-state index in [1.54, 1.807) is 0 Å². The van der Waals surface area contributed by atoms with Crippen molar-refractivity contribution in [2.75, 3.05) is 6.61 Å². The first-order valence-electron chi connectivity index (χ1n) is 14.8. The fourth-order valence-electron chi connectivity index (χ4n) is 4.55. The lowest BCUT2D eigenvalue weighted by Gasteiger charge is -2.17. The standard InChI is InChI=1S/C30H60O2/c1-5-7-9-11-17-21-25-29(24-20-10-8-6-2)27-32-30(31)26-22-18-15-13-12-14-16-19-23-28(3)4/h28-29H,5-27H2,1-4H3. The van der Waals surface area contributed by atoms with Gasteiger partial charge in [-0.15, -0.1) is 0 Å². The topological polar surface area (TPSA) is 26.3 Å². The molecule has 0 saturated heterocycles. The van der Waals surface area contributed by atoms with Crippen LogP contribution in [0.1, 0.15) is 169 Å². The lowest BCUT2D eigenvalue weighted by atomic mass is 9.95. The second-order valence-corrected chi connectivity index (χ2v) is 10.7. The van der Waals surface area contributed by atoms with Crippen molar-refractivity contribution >= 4 is 5.97 Å². The van der Waals surface area contributed by atoms with E-state index >= 15 is 0 Å². The Morgan fingerprint density at radius 2 is 0.969 bits per heavy atom. The van der Waals surface area contributed by atoms with Crippen molar-refractivity contribution in [2.24, 2.45) is 11.8 Å². The van der Waals surface area contributed by atoms with Gasteiger partial charge in [0.15, 0.2) is 0 Å². The summed E-state index contributed by atoms with van der Waals surface area (Å²) in [6, 6.07) is 0. The van der Waals surface area contributed by atoms with Gasteiger partial charge in [0.25, 0.3) is 0 Å². The minimum atomic E-state index is 0.0418. The van der Waals surface area contributed by atoms with Gasteiger partial charge < -0.3 is 4.74 Å². The van der Waals surface area contributed by atoms with Crippen molar-refractivity contribution in [3.63, 3.8) is 0 Å². The Hall–Kier alpha value is -0.530. The lowest BCUT2D eigenvalue weighted by molar-refractivity contribution is -0.145. The van der Waals surface area contributed by atoms with Gasteiger partial charge in [-0.1, -0.05) is 143 Å². The van der Waals surface area contributed by atoms with Gasteiger partial charge in [0.1, 0.15) is 0 Å². The fraction of sp³-hybridized carbons (Fsp3) is 0.967. The molecule has 0 aliphatic heterocycles. The minimum absolute atomic E-state index is 0.0418. The van der Waals surface area contributed by atoms with Crippen molar-refractivity contribution in [3.05, 3.63) is 0 Å². The molecule has 0 aromatic carbocycles. The molecule has 0 aromatic heterocycles. The molecule has 0 rings (SSSR count). The molecule has 0 spiro atoms. The molecule has 0 radical (unpaired) electrons. The molecule has 32 heavy (non-hydrogen) atoms. The molecule has 192 valence electrons. The van der Waals surface area contributed by atoms with E-state index in [0.29, 0.717) is 18.9 Å². The van der Waals surface area contributed by atoms with Crippen LogP contribution < -0.4 is 0 Å². The number of esters is 1. The molecule has 1 unspecified atom stereocenters. The van der Waals surface area contributed by atoms with Crippen molar-refractivity contribution in [1.82, 2.24) is 0 Å². The fourth-order valence-corrected chi connectivity index (χ4v) is 4.55. The van der Waals surface area contributed by atoms with Gasteiger partial charge in [-0.05, 0) is 31.1 Å². The average Bonchev–Trinajstić information content (AvgIpc) is 2.77. The molecular weight excluding hydrogens is 392 g/mol. The summed E-state index contributed by atoms with van der Waals surface area (Å²) in [5.74, 6) is 1.47. The highest BCUT2D eigenvalue weighted by Gasteiger charge is 2.12. The number of carbonyl (C=O) groups excluding carboxylic acids is 1. The van der Waals surface area contributed by atoms with E-state index in [4.69, 9.17) is 4.74 Å². The van der Waals surface area contributed by atoms with Gasteiger partial charge in [0, 0.05) is 6.42 Å². The summed E-state index contributed by atoms with van der Waals surface area (Å²) in [5, 5.41) is 0. The molecule has 2 heteroatoms. The van der Waals surface area contributed by atoms with Crippen LogP contribution in [0.5, 0.6) is 0 Å². The Labute approximate surface area is 203 Å². The first kappa shape index (κ1) is 31.5. The summed E-state index contributed by atoms with van der Waals surface area (Å²) in [5.41, 5.74) is 0. The molecule has 0 N–H and O–H groups in total. The summed E-state index contributed by atoms with van der Waals surface area (Å²) in [7, 11) is 0. The third-order valence-corrected chi connectivity index (χ3v) is 6.82. The highest BCUT2D eigenvalue weighted by atomic mass is 16.5. The zero-order chi connectivity index (χ0) is 23.7. The summed E-state index contributed by atoms with van der Waals surface area (Å²) < 4.78 is 5.71. The molecule has 0 amide bonds. The quantitative estimate of drug-likeness (QED) is 0.102. The number of unbranched alkanes of at least 4 members (excludes halogenated alkanes) is 15. The lowest BCUT2D eigenvalue weighted by Crippen LogP contribution is -2.14. The van der Waals surface area contributed by atoms with E-state index in [1.165, 1.54) is 128 Å². The van der Waals surface area contributed by atoms with Gasteiger partial charge in [-0.3, -0.25) is 4.79 Å². The van der Waals surface area contributed by atoms with Crippen LogP contribution >= 0.6 is 0 Å². The van der Waals surface area contributed by atoms with E-state index < -0.39 is 0 Å². The smallest absolute Gasteiger partial charge is 0.305 e. The van der Waals surface area contributed by atoms with Crippen LogP contribution in [0, 0.1) is 11.8 Å². The first-order valence-corrected chi connectivity index (χ1v) is 14.8. The zero-order valence-corrected chi connectivity index (χ0v) is 22.7. The summed E-state index contributed by atoms with van der Waals surface area (Å²) in [6.07, 6.45) is 28.1. The van der Waals surface area contributed by atoms with Crippen LogP contribution in [-0.2, 0) is 9.53 Å². The maximum Gasteiger partial charge on any atom is 0.305 e. The van der Waals surface area contributed by atoms with Gasteiger partial charge in [-0.25, -0.2) is 0 Å². The zero-order valence-electron chi connectivity index (χ0n) is 22.7. The van der Waals surface area contributed by atoms with Crippen molar-refractivity contribution in [2.45, 2.75) is 169 Å². The molecular formula is C30H60O2. The molecule has 2 nitrogen and oxygen atoms in total. The highest BCUT2D eigenvalue weighted by molar-refractivity contribution is 5.69. The Bertz CT molecular complexity index is 377. The Kier molecular flexibility index (Phi) is 24.7. The first-order chi connectivity index (χ1) is 15.6. The van der Waals surface area contributed by atoms with E-state index in [-0.39, 0.29) is 5.97 Å². The Balaban J connectivity index is 3.79. The average molecular weight is 453 g/mol. The monoisotopic (exact) mass is 452 g/mol. The molecule has 0 fully saturated rings. The molecule has 0 aliphatic carbocycles. The SMILES string of the molecule is CCCCCCCCC(CCCCCC)COC(=O)CCCCCCCCCCC(C)C. The minimum Gasteiger partial charge on any atom is -0.465 e. The van der Waals surface area contributed by atoms with Crippen LogP contribution in [-0.4, -0.2) is 12.6 Å². The molecule has 0 heterocycles. The van der Waals surface area contributed by atoms with Crippen LogP contribution in [0.2, 0.25) is 0 Å². The molecule has 0 aliphatic rings. The maximum absolute atomic E-state index is 12.2. The largest absolute Gasteiger partial charge is 0.465 e. The molecule has 0 bridgehead atoms. The van der Waals surface area contributed by atoms with Gasteiger partial charge in [-0.2, -0.15) is 0 Å². The number of ether oxygens (including phenoxy) is 1. The normalized spacial score (nSPS) is 12.4. The van der Waals surface area contributed by atoms with Crippen LogP contribution in [0.3, 0.4) is 0 Å². The molecule has 0 saturated carbocycles. The second kappa shape index (κ2) is 25.1. The van der Waals surface area contributed by atoms with Crippen molar-refractivity contribution in [3.8, 4) is 0 Å². The summed E-state index contributed by atoms with van der Waals surface area (Å²) in [4.78, 5) is 12.2. The highest BCUT2D eigenvalue weighted by Crippen LogP contribution is 2.20. The van der Waals surface area contributed by atoms with E-state index in [0.717, 1.165) is 12.3 Å². The number of rotatable bonds is 25. The number of hydrogen-bond donors (Lipinski definition) is 0. The van der Waals surface area contributed by atoms with E-state index in [2.05, 4.69) is 27.7 Å². The van der Waals surface area contributed by atoms with Gasteiger partial charge >= 0.3 is 5.97 Å². The van der Waals surface area contributed by atoms with E-state index in [9.17, 15) is 4.79 Å². The Morgan fingerprint density at radius 3 is 1.47 bits per heavy atom. The predicted molar refractivity (Wildman–Crippen MR) is 142 cm³/mol.